The normalized spacial score (nSPS) is 18.9. The molecule has 0 bridgehead atoms. The molecule has 4 rings (SSSR count). The van der Waals surface area contributed by atoms with E-state index in [0.29, 0.717) is 0 Å². The minimum atomic E-state index is -1.59. The van der Waals surface area contributed by atoms with Crippen LogP contribution in [0.1, 0.15) is 127 Å². The molecule has 10 nitrogen and oxygen atoms in total. The lowest BCUT2D eigenvalue weighted by molar-refractivity contribution is 0.0754. The number of benzene rings is 2. The molecule has 0 heterocycles. The van der Waals surface area contributed by atoms with Crippen molar-refractivity contribution in [2.24, 2.45) is 11.8 Å². The summed E-state index contributed by atoms with van der Waals surface area (Å²) >= 11 is 0. The zero-order valence-corrected chi connectivity index (χ0v) is 22.7. The zero-order valence-electron chi connectivity index (χ0n) is 22.7. The third-order valence-corrected chi connectivity index (χ3v) is 7.88. The number of hydrogen-bond donors (Lipinski definition) is 4. The van der Waals surface area contributed by atoms with E-state index in [1.807, 2.05) is 0 Å². The first-order valence-electron chi connectivity index (χ1n) is 12.7. The Balaban J connectivity index is 2.08. The summed E-state index contributed by atoms with van der Waals surface area (Å²) in [6.45, 7) is 9.10. The first kappa shape index (κ1) is 28.4. The van der Waals surface area contributed by atoms with Gasteiger partial charge in [0.15, 0.2) is 58.7 Å². The molecule has 208 valence electrons. The van der Waals surface area contributed by atoms with Crippen LogP contribution in [0.5, 0.6) is 23.0 Å². The number of aldehydes is 2. The minimum absolute atomic E-state index is 0.0333. The van der Waals surface area contributed by atoms with Gasteiger partial charge in [0.1, 0.15) is 0 Å². The fourth-order valence-corrected chi connectivity index (χ4v) is 5.99. The Hall–Kier alpha value is -4.60. The quantitative estimate of drug-likeness (QED) is 0.308. The van der Waals surface area contributed by atoms with Gasteiger partial charge >= 0.3 is 0 Å². The number of carbonyl (C=O) groups is 6. The molecular formula is C30H28O10. The summed E-state index contributed by atoms with van der Waals surface area (Å²) in [6, 6.07) is 0. The summed E-state index contributed by atoms with van der Waals surface area (Å²) in [5.41, 5.74) is -3.44. The summed E-state index contributed by atoms with van der Waals surface area (Å²) < 4.78 is 0. The van der Waals surface area contributed by atoms with Gasteiger partial charge in [-0.05, 0) is 18.8 Å². The molecule has 0 saturated heterocycles. The standard InChI is InChI=1S/C30H28O10/c1-9(2)15-21-19(13(7-31)25(35)29(15)39)27(37)17(11(5)23(21)33)18-12(6)24(34)22-16(10(3)4)30(40)26(36)14(8-32)20(22)28(18)38/h7-11,17,35-36,39-40H,1-6H3. The Morgan fingerprint density at radius 1 is 0.625 bits per heavy atom. The van der Waals surface area contributed by atoms with Crippen LogP contribution in [-0.4, -0.2) is 56.1 Å². The smallest absolute Gasteiger partial charge is 0.191 e. The predicted octanol–water partition coefficient (Wildman–Crippen LogP) is 4.41. The number of allylic oxidation sites excluding steroid dienone is 2. The number of carbonyl (C=O) groups excluding carboxylic acids is 6. The first-order chi connectivity index (χ1) is 18.6. The van der Waals surface area contributed by atoms with Crippen LogP contribution in [0.25, 0.3) is 0 Å². The number of phenols is 4. The van der Waals surface area contributed by atoms with Crippen LogP contribution in [0.15, 0.2) is 11.1 Å². The number of hydrogen-bond acceptors (Lipinski definition) is 10. The van der Waals surface area contributed by atoms with Gasteiger partial charge < -0.3 is 20.4 Å². The number of fused-ring (bicyclic) bond motifs is 2. The van der Waals surface area contributed by atoms with Crippen molar-refractivity contribution in [3.8, 4) is 23.0 Å². The number of rotatable bonds is 5. The lowest BCUT2D eigenvalue weighted by Gasteiger charge is -2.35. The van der Waals surface area contributed by atoms with E-state index >= 15 is 0 Å². The SMILES string of the molecule is CC1=C(C2C(=O)c3c(C=O)c(O)c(O)c(C(C)C)c3C(=O)C2C)C(=O)c2c(C=O)c(O)c(O)c(C(C)C)c2C1=O. The van der Waals surface area contributed by atoms with Crippen LogP contribution in [-0.2, 0) is 0 Å². The Kier molecular flexibility index (Phi) is 6.78. The lowest BCUT2D eigenvalue weighted by atomic mass is 9.64. The maximum Gasteiger partial charge on any atom is 0.191 e. The van der Waals surface area contributed by atoms with E-state index in [9.17, 15) is 49.2 Å². The van der Waals surface area contributed by atoms with Gasteiger partial charge in [-0.25, -0.2) is 0 Å². The molecule has 0 saturated carbocycles. The Labute approximate surface area is 229 Å². The van der Waals surface area contributed by atoms with Crippen LogP contribution in [0.4, 0.5) is 0 Å². The highest BCUT2D eigenvalue weighted by Gasteiger charge is 2.50. The van der Waals surface area contributed by atoms with Crippen LogP contribution >= 0.6 is 0 Å². The van der Waals surface area contributed by atoms with Crippen LogP contribution < -0.4 is 0 Å². The molecule has 2 aromatic rings. The molecular weight excluding hydrogens is 520 g/mol. The second kappa shape index (κ2) is 9.55. The molecule has 2 aliphatic carbocycles. The van der Waals surface area contributed by atoms with E-state index in [0.717, 1.165) is 0 Å². The second-order valence-corrected chi connectivity index (χ2v) is 10.8. The molecule has 0 radical (unpaired) electrons. The van der Waals surface area contributed by atoms with Crippen LogP contribution in [0.3, 0.4) is 0 Å². The topological polar surface area (TPSA) is 183 Å². The fourth-order valence-electron chi connectivity index (χ4n) is 5.99. The van der Waals surface area contributed by atoms with E-state index in [1.165, 1.54) is 13.8 Å². The molecule has 2 aromatic carbocycles. The van der Waals surface area contributed by atoms with E-state index in [1.54, 1.807) is 27.7 Å². The largest absolute Gasteiger partial charge is 0.504 e. The molecule has 2 aliphatic rings. The second-order valence-electron chi connectivity index (χ2n) is 10.8. The summed E-state index contributed by atoms with van der Waals surface area (Å²) in [5, 5.41) is 42.3. The van der Waals surface area contributed by atoms with E-state index in [-0.39, 0.29) is 40.4 Å². The Morgan fingerprint density at radius 3 is 1.52 bits per heavy atom. The molecule has 0 spiro atoms. The Bertz CT molecular complexity index is 1620. The van der Waals surface area contributed by atoms with Gasteiger partial charge in [0, 0.05) is 50.4 Å². The molecule has 0 fully saturated rings. The molecule has 40 heavy (non-hydrogen) atoms. The van der Waals surface area contributed by atoms with Gasteiger partial charge in [-0.2, -0.15) is 0 Å². The molecule has 10 heteroatoms. The van der Waals surface area contributed by atoms with Crippen molar-refractivity contribution in [3.63, 3.8) is 0 Å². The highest BCUT2D eigenvalue weighted by atomic mass is 16.3. The van der Waals surface area contributed by atoms with Crippen molar-refractivity contribution >= 4 is 35.7 Å². The average molecular weight is 549 g/mol. The van der Waals surface area contributed by atoms with Gasteiger partial charge in [-0.3, -0.25) is 28.8 Å². The highest BCUT2D eigenvalue weighted by molar-refractivity contribution is 6.33. The van der Waals surface area contributed by atoms with Crippen molar-refractivity contribution in [3.05, 3.63) is 55.7 Å². The van der Waals surface area contributed by atoms with Gasteiger partial charge in [0.25, 0.3) is 0 Å². The van der Waals surface area contributed by atoms with Crippen molar-refractivity contribution < 1.29 is 49.2 Å². The predicted molar refractivity (Wildman–Crippen MR) is 141 cm³/mol. The summed E-state index contributed by atoms with van der Waals surface area (Å²) in [5.74, 6) is -10.5. The van der Waals surface area contributed by atoms with Crippen molar-refractivity contribution in [1.29, 1.82) is 0 Å². The highest BCUT2D eigenvalue weighted by Crippen LogP contribution is 2.50. The summed E-state index contributed by atoms with van der Waals surface area (Å²) in [4.78, 5) is 79.6. The Morgan fingerprint density at radius 2 is 1.07 bits per heavy atom. The maximum absolute atomic E-state index is 14.1. The number of Topliss-reactive ketones (excluding diaryl/α,β-unsaturated/α-hetero) is 4. The molecule has 2 atom stereocenters. The maximum atomic E-state index is 14.1. The monoisotopic (exact) mass is 548 g/mol. The van der Waals surface area contributed by atoms with E-state index < -0.39 is 97.6 Å². The summed E-state index contributed by atoms with van der Waals surface area (Å²) in [7, 11) is 0. The number of phenolic OH excluding ortho intramolecular Hbond substituents is 4. The van der Waals surface area contributed by atoms with Crippen molar-refractivity contribution in [2.45, 2.75) is 53.4 Å². The van der Waals surface area contributed by atoms with E-state index in [2.05, 4.69) is 0 Å². The first-order valence-corrected chi connectivity index (χ1v) is 12.7. The fraction of sp³-hybridized carbons (Fsp3) is 0.333. The third-order valence-electron chi connectivity index (χ3n) is 7.88. The lowest BCUT2D eigenvalue weighted by Crippen LogP contribution is -2.41. The molecule has 0 aromatic heterocycles. The van der Waals surface area contributed by atoms with Crippen LogP contribution in [0, 0.1) is 11.8 Å². The zero-order chi connectivity index (χ0) is 30.1. The van der Waals surface area contributed by atoms with E-state index in [4.69, 9.17) is 0 Å². The number of ketones is 4. The van der Waals surface area contributed by atoms with Gasteiger partial charge in [0.05, 0.1) is 17.0 Å². The van der Waals surface area contributed by atoms with Crippen LogP contribution in [0.2, 0.25) is 0 Å². The molecule has 0 aliphatic heterocycles. The summed E-state index contributed by atoms with van der Waals surface area (Å²) in [6.07, 6.45) is 0.245. The number of aromatic hydroxyl groups is 4. The molecule has 0 amide bonds. The van der Waals surface area contributed by atoms with Crippen molar-refractivity contribution in [2.75, 3.05) is 0 Å². The third kappa shape index (κ3) is 3.55. The molecule has 2 unspecified atom stereocenters. The van der Waals surface area contributed by atoms with Gasteiger partial charge in [-0.1, -0.05) is 34.6 Å². The minimum Gasteiger partial charge on any atom is -0.504 e. The average Bonchev–Trinajstić information content (AvgIpc) is 2.89. The van der Waals surface area contributed by atoms with Gasteiger partial charge in [-0.15, -0.1) is 0 Å². The van der Waals surface area contributed by atoms with Crippen molar-refractivity contribution in [1.82, 2.24) is 0 Å². The van der Waals surface area contributed by atoms with Gasteiger partial charge in [0.2, 0.25) is 0 Å². The molecule has 4 N–H and O–H groups in total.